The molecule has 1 aliphatic carbocycles. The third kappa shape index (κ3) is 2.90. The molecular weight excluding hydrogens is 248 g/mol. The van der Waals surface area contributed by atoms with Gasteiger partial charge in [-0.2, -0.15) is 0 Å². The molecule has 18 heavy (non-hydrogen) atoms. The normalized spacial score (nSPS) is 16.4. The Morgan fingerprint density at radius 3 is 2.67 bits per heavy atom. The van der Waals surface area contributed by atoms with E-state index in [2.05, 4.69) is 11.9 Å². The summed E-state index contributed by atoms with van der Waals surface area (Å²) in [7, 11) is 2.09. The summed E-state index contributed by atoms with van der Waals surface area (Å²) in [5.74, 6) is 0.747. The zero-order valence-electron chi connectivity index (χ0n) is 11.1. The summed E-state index contributed by atoms with van der Waals surface area (Å²) in [4.78, 5) is 2.22. The lowest BCUT2D eigenvalue weighted by Gasteiger charge is -2.25. The Morgan fingerprint density at radius 2 is 2.17 bits per heavy atom. The first kappa shape index (κ1) is 13.5. The molecule has 0 saturated heterocycles. The molecule has 1 aliphatic rings. The number of halogens is 1. The standard InChI is InChI=1S/C14H21ClN2O/c1-3-18-13-5-4-11(8-12(13)15)17(2)10-14(9-16)6-7-14/h4-5,8H,3,6-7,9-10,16H2,1-2H3. The highest BCUT2D eigenvalue weighted by Gasteiger charge is 2.42. The largest absolute Gasteiger partial charge is 0.492 e. The maximum atomic E-state index is 6.20. The molecule has 0 heterocycles. The van der Waals surface area contributed by atoms with Crippen LogP contribution >= 0.6 is 11.6 Å². The van der Waals surface area contributed by atoms with Crippen LogP contribution in [0.4, 0.5) is 5.69 Å². The Labute approximate surface area is 114 Å². The second-order valence-electron chi connectivity index (χ2n) is 5.11. The number of hydrogen-bond donors (Lipinski definition) is 1. The van der Waals surface area contributed by atoms with Gasteiger partial charge in [0.25, 0.3) is 0 Å². The fourth-order valence-corrected chi connectivity index (χ4v) is 2.43. The van der Waals surface area contributed by atoms with Gasteiger partial charge in [-0.3, -0.25) is 0 Å². The predicted octanol–water partition coefficient (Wildman–Crippen LogP) is 2.91. The number of ether oxygens (including phenoxy) is 1. The van der Waals surface area contributed by atoms with E-state index in [9.17, 15) is 0 Å². The van der Waals surface area contributed by atoms with Crippen molar-refractivity contribution in [2.75, 3.05) is 31.6 Å². The number of benzene rings is 1. The average molecular weight is 269 g/mol. The van der Waals surface area contributed by atoms with Crippen LogP contribution in [0.5, 0.6) is 5.75 Å². The van der Waals surface area contributed by atoms with E-state index in [4.69, 9.17) is 22.1 Å². The van der Waals surface area contributed by atoms with Crippen molar-refractivity contribution in [3.8, 4) is 5.75 Å². The zero-order valence-corrected chi connectivity index (χ0v) is 11.8. The fourth-order valence-electron chi connectivity index (χ4n) is 2.20. The molecule has 0 bridgehead atoms. The molecule has 0 atom stereocenters. The molecule has 0 spiro atoms. The Bertz CT molecular complexity index is 418. The second-order valence-corrected chi connectivity index (χ2v) is 5.52. The molecule has 1 aromatic carbocycles. The van der Waals surface area contributed by atoms with Crippen LogP contribution in [0.25, 0.3) is 0 Å². The molecule has 1 fully saturated rings. The van der Waals surface area contributed by atoms with Gasteiger partial charge >= 0.3 is 0 Å². The van der Waals surface area contributed by atoms with E-state index in [-0.39, 0.29) is 0 Å². The quantitative estimate of drug-likeness (QED) is 0.862. The molecule has 0 unspecified atom stereocenters. The smallest absolute Gasteiger partial charge is 0.138 e. The van der Waals surface area contributed by atoms with Gasteiger partial charge in [-0.15, -0.1) is 0 Å². The molecule has 3 nitrogen and oxygen atoms in total. The van der Waals surface area contributed by atoms with Crippen LogP contribution in [0.3, 0.4) is 0 Å². The summed E-state index contributed by atoms with van der Waals surface area (Å²) in [6.45, 7) is 4.34. The lowest BCUT2D eigenvalue weighted by atomic mass is 10.1. The lowest BCUT2D eigenvalue weighted by molar-refractivity contribution is 0.340. The first-order valence-electron chi connectivity index (χ1n) is 6.44. The number of hydrogen-bond acceptors (Lipinski definition) is 3. The summed E-state index contributed by atoms with van der Waals surface area (Å²) in [5, 5.41) is 0.666. The van der Waals surface area contributed by atoms with Crippen LogP contribution in [0, 0.1) is 5.41 Å². The molecule has 1 aromatic rings. The van der Waals surface area contributed by atoms with Crippen molar-refractivity contribution in [3.63, 3.8) is 0 Å². The molecule has 0 aliphatic heterocycles. The van der Waals surface area contributed by atoms with Gasteiger partial charge in [-0.25, -0.2) is 0 Å². The Hall–Kier alpha value is -0.930. The fraction of sp³-hybridized carbons (Fsp3) is 0.571. The maximum Gasteiger partial charge on any atom is 0.138 e. The molecule has 4 heteroatoms. The predicted molar refractivity (Wildman–Crippen MR) is 76.6 cm³/mol. The average Bonchev–Trinajstić information content (AvgIpc) is 3.12. The van der Waals surface area contributed by atoms with Crippen LogP contribution in [0.2, 0.25) is 5.02 Å². The van der Waals surface area contributed by atoms with Crippen molar-refractivity contribution in [3.05, 3.63) is 23.2 Å². The minimum atomic E-state index is 0.333. The van der Waals surface area contributed by atoms with Crippen LogP contribution in [-0.2, 0) is 0 Å². The van der Waals surface area contributed by atoms with Crippen molar-refractivity contribution in [2.24, 2.45) is 11.1 Å². The summed E-state index contributed by atoms with van der Waals surface area (Å²) >= 11 is 6.20. The van der Waals surface area contributed by atoms with E-state index in [1.165, 1.54) is 12.8 Å². The Kier molecular flexibility index (Phi) is 4.03. The number of nitrogens with two attached hydrogens (primary N) is 1. The molecule has 1 saturated carbocycles. The summed E-state index contributed by atoms with van der Waals surface area (Å²) in [6.07, 6.45) is 2.47. The van der Waals surface area contributed by atoms with E-state index in [1.54, 1.807) is 0 Å². The summed E-state index contributed by atoms with van der Waals surface area (Å²) in [5.41, 5.74) is 7.26. The van der Waals surface area contributed by atoms with Gasteiger partial charge in [0.1, 0.15) is 5.75 Å². The highest BCUT2D eigenvalue weighted by Crippen LogP contribution is 2.45. The SMILES string of the molecule is CCOc1ccc(N(C)CC2(CN)CC2)cc1Cl. The third-order valence-electron chi connectivity index (χ3n) is 3.62. The molecule has 2 rings (SSSR count). The highest BCUT2D eigenvalue weighted by molar-refractivity contribution is 6.32. The zero-order chi connectivity index (χ0) is 13.2. The summed E-state index contributed by atoms with van der Waals surface area (Å²) in [6, 6.07) is 5.93. The molecule has 0 radical (unpaired) electrons. The molecule has 100 valence electrons. The highest BCUT2D eigenvalue weighted by atomic mass is 35.5. The van der Waals surface area contributed by atoms with Gasteiger partial charge < -0.3 is 15.4 Å². The van der Waals surface area contributed by atoms with Gasteiger partial charge in [-0.1, -0.05) is 11.6 Å². The van der Waals surface area contributed by atoms with Gasteiger partial charge in [0.2, 0.25) is 0 Å². The van der Waals surface area contributed by atoms with Crippen LogP contribution in [-0.4, -0.2) is 26.7 Å². The van der Waals surface area contributed by atoms with E-state index in [1.807, 2.05) is 25.1 Å². The minimum Gasteiger partial charge on any atom is -0.492 e. The minimum absolute atomic E-state index is 0.333. The first-order valence-corrected chi connectivity index (χ1v) is 6.81. The van der Waals surface area contributed by atoms with Crippen molar-refractivity contribution < 1.29 is 4.74 Å². The Balaban J connectivity index is 2.06. The molecule has 0 amide bonds. The van der Waals surface area contributed by atoms with Gasteiger partial charge in [0, 0.05) is 24.7 Å². The lowest BCUT2D eigenvalue weighted by Crippen LogP contribution is -2.31. The second kappa shape index (κ2) is 5.37. The van der Waals surface area contributed by atoms with Crippen molar-refractivity contribution >= 4 is 17.3 Å². The van der Waals surface area contributed by atoms with E-state index < -0.39 is 0 Å². The van der Waals surface area contributed by atoms with Gasteiger partial charge in [0.05, 0.1) is 11.6 Å². The van der Waals surface area contributed by atoms with E-state index in [0.29, 0.717) is 17.0 Å². The number of anilines is 1. The molecule has 2 N–H and O–H groups in total. The topological polar surface area (TPSA) is 38.5 Å². The van der Waals surface area contributed by atoms with E-state index in [0.717, 1.165) is 24.5 Å². The van der Waals surface area contributed by atoms with Crippen LogP contribution < -0.4 is 15.4 Å². The van der Waals surface area contributed by atoms with Crippen LogP contribution in [0.15, 0.2) is 18.2 Å². The van der Waals surface area contributed by atoms with Crippen molar-refractivity contribution in [1.29, 1.82) is 0 Å². The number of nitrogens with zero attached hydrogens (tertiary/aromatic N) is 1. The number of rotatable bonds is 6. The Morgan fingerprint density at radius 1 is 1.44 bits per heavy atom. The van der Waals surface area contributed by atoms with Gasteiger partial charge in [-0.05, 0) is 44.5 Å². The summed E-state index contributed by atoms with van der Waals surface area (Å²) < 4.78 is 5.44. The van der Waals surface area contributed by atoms with E-state index >= 15 is 0 Å². The van der Waals surface area contributed by atoms with Crippen molar-refractivity contribution in [1.82, 2.24) is 0 Å². The first-order chi connectivity index (χ1) is 8.60. The molecule has 0 aromatic heterocycles. The molecular formula is C14H21ClN2O. The monoisotopic (exact) mass is 268 g/mol. The van der Waals surface area contributed by atoms with Crippen LogP contribution in [0.1, 0.15) is 19.8 Å². The van der Waals surface area contributed by atoms with Crippen molar-refractivity contribution in [2.45, 2.75) is 19.8 Å². The maximum absolute atomic E-state index is 6.20. The van der Waals surface area contributed by atoms with Gasteiger partial charge in [0.15, 0.2) is 0 Å². The third-order valence-corrected chi connectivity index (χ3v) is 3.91.